The minimum atomic E-state index is -0.159. The maximum atomic E-state index is 13.8. The van der Waals surface area contributed by atoms with Crippen molar-refractivity contribution < 1.29 is 18.7 Å². The van der Waals surface area contributed by atoms with E-state index in [0.717, 1.165) is 24.8 Å². The van der Waals surface area contributed by atoms with E-state index in [-0.39, 0.29) is 17.5 Å². The molecule has 1 atom stereocenters. The molecule has 3 aromatic rings. The number of anilines is 1. The number of amides is 1. The maximum absolute atomic E-state index is 13.8. The number of carbonyl (C=O) groups is 1. The van der Waals surface area contributed by atoms with Gasteiger partial charge >= 0.3 is 0 Å². The Kier molecular flexibility index (Phi) is 5.71. The fraction of sp³-hybridized carbons (Fsp3) is 0.458. The number of furan rings is 1. The molecule has 1 unspecified atom stereocenters. The van der Waals surface area contributed by atoms with Gasteiger partial charge in [-0.3, -0.25) is 4.79 Å². The van der Waals surface area contributed by atoms with E-state index >= 15 is 0 Å². The summed E-state index contributed by atoms with van der Waals surface area (Å²) in [4.78, 5) is 24.2. The number of benzene rings is 1. The molecule has 1 saturated carbocycles. The van der Waals surface area contributed by atoms with Crippen molar-refractivity contribution in [3.05, 3.63) is 41.4 Å². The average molecular weight is 439 g/mol. The van der Waals surface area contributed by atoms with Crippen LogP contribution in [-0.4, -0.2) is 47.6 Å². The average Bonchev–Trinajstić information content (AvgIpc) is 3.41. The van der Waals surface area contributed by atoms with E-state index < -0.39 is 0 Å². The monoisotopic (exact) mass is 438 g/mol. The first-order chi connectivity index (χ1) is 15.3. The van der Waals surface area contributed by atoms with Crippen LogP contribution < -0.4 is 14.8 Å². The summed E-state index contributed by atoms with van der Waals surface area (Å²) in [6.45, 7) is 5.99. The van der Waals surface area contributed by atoms with Gasteiger partial charge in [0.2, 0.25) is 5.71 Å². The third-order valence-electron chi connectivity index (χ3n) is 6.27. The van der Waals surface area contributed by atoms with Crippen LogP contribution in [0.5, 0.6) is 11.5 Å². The first-order valence-electron chi connectivity index (χ1n) is 10.8. The summed E-state index contributed by atoms with van der Waals surface area (Å²) < 4.78 is 16.7. The highest BCUT2D eigenvalue weighted by atomic mass is 16.5. The van der Waals surface area contributed by atoms with E-state index in [9.17, 15) is 4.79 Å². The van der Waals surface area contributed by atoms with Crippen molar-refractivity contribution in [1.82, 2.24) is 14.9 Å². The number of hydrogen-bond acceptors (Lipinski definition) is 7. The van der Waals surface area contributed by atoms with Gasteiger partial charge in [-0.25, -0.2) is 9.97 Å². The first kappa shape index (κ1) is 21.9. The first-order valence-corrected chi connectivity index (χ1v) is 10.8. The zero-order valence-corrected chi connectivity index (χ0v) is 19.5. The highest BCUT2D eigenvalue weighted by Gasteiger charge is 2.39. The van der Waals surface area contributed by atoms with Gasteiger partial charge < -0.3 is 24.1 Å². The van der Waals surface area contributed by atoms with Crippen molar-refractivity contribution in [2.75, 3.05) is 26.6 Å². The third kappa shape index (κ3) is 3.85. The Hall–Kier alpha value is -3.29. The Bertz CT molecular complexity index is 1150. The lowest BCUT2D eigenvalue weighted by Gasteiger charge is -2.28. The minimum Gasteiger partial charge on any atom is -0.493 e. The Morgan fingerprint density at radius 3 is 2.59 bits per heavy atom. The standard InChI is InChI=1S/C24H30N4O4/c1-7-16(15-8-9-17(30-5)18(12-15)31-6)28(4)23(29)19-14(2)32-22-20(19)21(25-13-26-22)27-24(3)10-11-24/h8-9,12-13,16H,7,10-11H2,1-6H3,(H,25,26,27). The molecule has 4 rings (SSSR count). The second-order valence-corrected chi connectivity index (χ2v) is 8.58. The van der Waals surface area contributed by atoms with Gasteiger partial charge in [0.1, 0.15) is 17.9 Å². The zero-order chi connectivity index (χ0) is 23.0. The summed E-state index contributed by atoms with van der Waals surface area (Å²) in [6.07, 6.45) is 4.33. The molecule has 32 heavy (non-hydrogen) atoms. The number of methoxy groups -OCH3 is 2. The SMILES string of the molecule is CCC(c1ccc(OC)c(OC)c1)N(C)C(=O)c1c(C)oc2ncnc(NC3(C)CC3)c12. The Morgan fingerprint density at radius 2 is 1.97 bits per heavy atom. The highest BCUT2D eigenvalue weighted by molar-refractivity contribution is 6.10. The van der Waals surface area contributed by atoms with Crippen molar-refractivity contribution in [2.45, 2.75) is 51.6 Å². The van der Waals surface area contributed by atoms with Crippen LogP contribution in [0.25, 0.3) is 11.1 Å². The molecule has 0 saturated heterocycles. The predicted molar refractivity (Wildman–Crippen MR) is 122 cm³/mol. The molecule has 0 aliphatic heterocycles. The molecule has 0 bridgehead atoms. The Labute approximate surface area is 187 Å². The van der Waals surface area contributed by atoms with Crippen LogP contribution in [0.3, 0.4) is 0 Å². The summed E-state index contributed by atoms with van der Waals surface area (Å²) in [5.74, 6) is 2.32. The van der Waals surface area contributed by atoms with Gasteiger partial charge in [-0.2, -0.15) is 0 Å². The van der Waals surface area contributed by atoms with E-state index in [2.05, 4.69) is 29.1 Å². The van der Waals surface area contributed by atoms with Crippen molar-refractivity contribution in [2.24, 2.45) is 0 Å². The second-order valence-electron chi connectivity index (χ2n) is 8.58. The molecule has 1 aromatic carbocycles. The number of ether oxygens (including phenoxy) is 2. The van der Waals surface area contributed by atoms with E-state index in [4.69, 9.17) is 13.9 Å². The van der Waals surface area contributed by atoms with Gasteiger partial charge in [0.25, 0.3) is 5.91 Å². The molecular weight excluding hydrogens is 408 g/mol. The number of hydrogen-bond donors (Lipinski definition) is 1. The Morgan fingerprint density at radius 1 is 1.25 bits per heavy atom. The van der Waals surface area contributed by atoms with Crippen molar-refractivity contribution in [3.63, 3.8) is 0 Å². The largest absolute Gasteiger partial charge is 0.493 e. The molecular formula is C24H30N4O4. The van der Waals surface area contributed by atoms with Gasteiger partial charge in [-0.05, 0) is 50.8 Å². The van der Waals surface area contributed by atoms with Crippen LogP contribution in [0.4, 0.5) is 5.82 Å². The second kappa shape index (κ2) is 8.33. The smallest absolute Gasteiger partial charge is 0.258 e. The molecule has 0 radical (unpaired) electrons. The molecule has 1 amide bonds. The zero-order valence-electron chi connectivity index (χ0n) is 19.5. The molecule has 170 valence electrons. The van der Waals surface area contributed by atoms with Crippen LogP contribution in [-0.2, 0) is 0 Å². The summed E-state index contributed by atoms with van der Waals surface area (Å²) in [5.41, 5.74) is 1.88. The number of aromatic nitrogens is 2. The van der Waals surface area contributed by atoms with Crippen molar-refractivity contribution in [3.8, 4) is 11.5 Å². The number of fused-ring (bicyclic) bond motifs is 1. The van der Waals surface area contributed by atoms with Crippen LogP contribution in [0, 0.1) is 6.92 Å². The highest BCUT2D eigenvalue weighted by Crippen LogP contribution is 2.41. The molecule has 8 nitrogen and oxygen atoms in total. The molecule has 2 aromatic heterocycles. The van der Waals surface area contributed by atoms with Gasteiger partial charge in [0, 0.05) is 12.6 Å². The van der Waals surface area contributed by atoms with E-state index in [0.29, 0.717) is 39.7 Å². The molecule has 2 heterocycles. The fourth-order valence-electron chi connectivity index (χ4n) is 4.11. The minimum absolute atomic E-state index is 0.00425. The van der Waals surface area contributed by atoms with Gasteiger partial charge in [0.15, 0.2) is 11.5 Å². The molecule has 8 heteroatoms. The van der Waals surface area contributed by atoms with Crippen LogP contribution in [0.2, 0.25) is 0 Å². The quantitative estimate of drug-likeness (QED) is 0.543. The lowest BCUT2D eigenvalue weighted by Crippen LogP contribution is -2.31. The Balaban J connectivity index is 1.72. The summed E-state index contributed by atoms with van der Waals surface area (Å²) in [7, 11) is 5.02. The van der Waals surface area contributed by atoms with Gasteiger partial charge in [-0.15, -0.1) is 0 Å². The number of nitrogens with one attached hydrogen (secondary N) is 1. The number of carbonyl (C=O) groups excluding carboxylic acids is 1. The van der Waals surface area contributed by atoms with Crippen LogP contribution >= 0.6 is 0 Å². The maximum Gasteiger partial charge on any atom is 0.258 e. The van der Waals surface area contributed by atoms with E-state index in [1.807, 2.05) is 25.2 Å². The topological polar surface area (TPSA) is 89.7 Å². The number of rotatable bonds is 8. The molecule has 1 aliphatic rings. The van der Waals surface area contributed by atoms with Gasteiger partial charge in [-0.1, -0.05) is 13.0 Å². The lowest BCUT2D eigenvalue weighted by atomic mass is 10.0. The van der Waals surface area contributed by atoms with Crippen LogP contribution in [0.15, 0.2) is 28.9 Å². The summed E-state index contributed by atoms with van der Waals surface area (Å²) in [6, 6.07) is 5.58. The summed E-state index contributed by atoms with van der Waals surface area (Å²) in [5, 5.41) is 4.11. The number of nitrogens with zero attached hydrogens (tertiary/aromatic N) is 3. The summed E-state index contributed by atoms with van der Waals surface area (Å²) >= 11 is 0. The van der Waals surface area contributed by atoms with Crippen molar-refractivity contribution in [1.29, 1.82) is 0 Å². The third-order valence-corrected chi connectivity index (χ3v) is 6.27. The molecule has 1 fully saturated rings. The van der Waals surface area contributed by atoms with E-state index in [1.165, 1.54) is 6.33 Å². The fourth-order valence-corrected chi connectivity index (χ4v) is 4.11. The van der Waals surface area contributed by atoms with E-state index in [1.54, 1.807) is 26.0 Å². The molecule has 1 aliphatic carbocycles. The van der Waals surface area contributed by atoms with Gasteiger partial charge in [0.05, 0.1) is 31.2 Å². The normalized spacial score (nSPS) is 15.3. The van der Waals surface area contributed by atoms with Crippen molar-refractivity contribution >= 4 is 22.8 Å². The lowest BCUT2D eigenvalue weighted by molar-refractivity contribution is 0.0726. The molecule has 1 N–H and O–H groups in total. The van der Waals surface area contributed by atoms with Crippen LogP contribution in [0.1, 0.15) is 60.8 Å². The molecule has 0 spiro atoms. The predicted octanol–water partition coefficient (Wildman–Crippen LogP) is 4.74. The number of aryl methyl sites for hydroxylation is 1.